The third-order valence-electron chi connectivity index (χ3n) is 12.1. The minimum Gasteiger partial charge on any atom is -0.462 e. The standard InChI is InChI=1S/C57H106NO8P/c1-6-8-10-12-14-16-18-20-22-24-26-28-30-32-34-36-38-40-42-44-46-48-50-57(60)66-55(54-65-67(61,62)64-52-51-58(3,4)5)53-63-56(59)49-47-45-43-41-39-37-35-33-31-29-27-25-23-21-19-17-15-13-11-9-7-2/h23,25,29,31,35,37,41,43,55H,6-22,24,26-28,30,32-34,36,38-40,42,44-54H2,1-5H3/p+1/b25-23+,31-29+,37-35+,43-41+/t55-/m1/s1. The van der Waals surface area contributed by atoms with E-state index in [1.807, 2.05) is 21.1 Å². The molecule has 0 fully saturated rings. The van der Waals surface area contributed by atoms with Gasteiger partial charge in [0.25, 0.3) is 0 Å². The summed E-state index contributed by atoms with van der Waals surface area (Å²) < 4.78 is 34.5. The Balaban J connectivity index is 4.27. The average molecular weight is 965 g/mol. The summed E-state index contributed by atoms with van der Waals surface area (Å²) >= 11 is 0. The van der Waals surface area contributed by atoms with Crippen LogP contribution >= 0.6 is 7.82 Å². The Morgan fingerprint density at radius 2 is 0.821 bits per heavy atom. The topological polar surface area (TPSA) is 108 Å². The van der Waals surface area contributed by atoms with Crippen LogP contribution in [0.3, 0.4) is 0 Å². The van der Waals surface area contributed by atoms with E-state index in [0.29, 0.717) is 23.9 Å². The van der Waals surface area contributed by atoms with Gasteiger partial charge in [0, 0.05) is 12.8 Å². The predicted molar refractivity (Wildman–Crippen MR) is 284 cm³/mol. The number of hydrogen-bond donors (Lipinski definition) is 1. The van der Waals surface area contributed by atoms with Crippen molar-refractivity contribution < 1.29 is 42.1 Å². The first kappa shape index (κ1) is 65.0. The Bertz CT molecular complexity index is 1270. The van der Waals surface area contributed by atoms with Crippen molar-refractivity contribution >= 4 is 19.8 Å². The van der Waals surface area contributed by atoms with E-state index in [1.54, 1.807) is 0 Å². The maximum Gasteiger partial charge on any atom is 0.472 e. The Morgan fingerprint density at radius 3 is 1.24 bits per heavy atom. The molecule has 0 aromatic rings. The molecule has 0 saturated heterocycles. The zero-order valence-corrected chi connectivity index (χ0v) is 45.3. The lowest BCUT2D eigenvalue weighted by Crippen LogP contribution is -2.37. The summed E-state index contributed by atoms with van der Waals surface area (Å²) in [4.78, 5) is 35.6. The number of quaternary nitrogens is 1. The van der Waals surface area contributed by atoms with E-state index in [0.717, 1.165) is 38.5 Å². The molecular weight excluding hydrogens is 858 g/mol. The van der Waals surface area contributed by atoms with Gasteiger partial charge in [-0.1, -0.05) is 236 Å². The number of likely N-dealkylation sites (N-methyl/N-ethyl adjacent to an activating group) is 1. The van der Waals surface area contributed by atoms with Crippen molar-refractivity contribution in [3.8, 4) is 0 Å². The Kier molecular flexibility index (Phi) is 47.5. The van der Waals surface area contributed by atoms with Gasteiger partial charge in [-0.3, -0.25) is 18.6 Å². The second-order valence-corrected chi connectivity index (χ2v) is 21.4. The monoisotopic (exact) mass is 965 g/mol. The van der Waals surface area contributed by atoms with Crippen LogP contribution in [0.5, 0.6) is 0 Å². The summed E-state index contributed by atoms with van der Waals surface area (Å²) in [5.74, 6) is -0.854. The zero-order chi connectivity index (χ0) is 49.2. The number of ether oxygens (including phenoxy) is 2. The third kappa shape index (κ3) is 53.2. The number of hydrogen-bond acceptors (Lipinski definition) is 7. The maximum atomic E-state index is 12.8. The largest absolute Gasteiger partial charge is 0.472 e. The van der Waals surface area contributed by atoms with Crippen LogP contribution in [-0.2, 0) is 32.7 Å². The Hall–Kier alpha value is -2.03. The number of unbranched alkanes of at least 4 members (excludes halogenated alkanes) is 29. The molecule has 0 aliphatic heterocycles. The van der Waals surface area contributed by atoms with Gasteiger partial charge < -0.3 is 18.9 Å². The molecule has 0 rings (SSSR count). The van der Waals surface area contributed by atoms with Gasteiger partial charge in [-0.2, -0.15) is 0 Å². The minimum absolute atomic E-state index is 0.0236. The number of allylic oxidation sites excluding steroid dienone is 8. The molecule has 0 aliphatic carbocycles. The number of phosphoric ester groups is 1. The van der Waals surface area contributed by atoms with Gasteiger partial charge in [-0.05, 0) is 51.4 Å². The number of nitrogens with zero attached hydrogens (tertiary/aromatic N) is 1. The van der Waals surface area contributed by atoms with Crippen LogP contribution in [0.2, 0.25) is 0 Å². The third-order valence-corrected chi connectivity index (χ3v) is 13.1. The van der Waals surface area contributed by atoms with E-state index in [2.05, 4.69) is 62.5 Å². The Labute approximate surface area is 414 Å². The lowest BCUT2D eigenvalue weighted by Gasteiger charge is -2.24. The molecule has 0 heterocycles. The molecule has 0 bridgehead atoms. The summed E-state index contributed by atoms with van der Waals surface area (Å²) in [6, 6.07) is 0. The van der Waals surface area contributed by atoms with Crippen molar-refractivity contribution in [1.29, 1.82) is 0 Å². The molecule has 0 amide bonds. The quantitative estimate of drug-likeness (QED) is 0.0211. The summed E-state index contributed by atoms with van der Waals surface area (Å²) in [6.07, 6.45) is 60.4. The van der Waals surface area contributed by atoms with Crippen LogP contribution in [0.25, 0.3) is 0 Å². The molecule has 1 N–H and O–H groups in total. The molecular formula is C57H107NO8P+. The molecule has 0 aromatic carbocycles. The summed E-state index contributed by atoms with van der Waals surface area (Å²) in [5.41, 5.74) is 0. The lowest BCUT2D eigenvalue weighted by molar-refractivity contribution is -0.870. The molecule has 0 saturated carbocycles. The zero-order valence-electron chi connectivity index (χ0n) is 44.4. The van der Waals surface area contributed by atoms with Crippen molar-refractivity contribution in [2.45, 2.75) is 258 Å². The Morgan fingerprint density at radius 1 is 0.463 bits per heavy atom. The average Bonchev–Trinajstić information content (AvgIpc) is 3.29. The van der Waals surface area contributed by atoms with Gasteiger partial charge >= 0.3 is 19.8 Å². The first-order valence-electron chi connectivity index (χ1n) is 27.9. The smallest absolute Gasteiger partial charge is 0.462 e. The van der Waals surface area contributed by atoms with Crippen molar-refractivity contribution in [2.75, 3.05) is 47.5 Å². The number of rotatable bonds is 51. The molecule has 67 heavy (non-hydrogen) atoms. The lowest BCUT2D eigenvalue weighted by atomic mass is 10.0. The van der Waals surface area contributed by atoms with Crippen LogP contribution < -0.4 is 0 Å². The molecule has 0 aliphatic rings. The predicted octanol–water partition coefficient (Wildman–Crippen LogP) is 17.0. The fourth-order valence-electron chi connectivity index (χ4n) is 7.77. The molecule has 1 unspecified atom stereocenters. The molecule has 392 valence electrons. The van der Waals surface area contributed by atoms with Gasteiger partial charge in [-0.15, -0.1) is 0 Å². The van der Waals surface area contributed by atoms with Crippen LogP contribution in [0.4, 0.5) is 0 Å². The highest BCUT2D eigenvalue weighted by molar-refractivity contribution is 7.47. The maximum absolute atomic E-state index is 12.8. The number of phosphoric acid groups is 1. The highest BCUT2D eigenvalue weighted by atomic mass is 31.2. The van der Waals surface area contributed by atoms with Crippen LogP contribution in [0, 0.1) is 0 Å². The second-order valence-electron chi connectivity index (χ2n) is 20.0. The molecule has 0 spiro atoms. The van der Waals surface area contributed by atoms with Crippen LogP contribution in [0.1, 0.15) is 251 Å². The highest BCUT2D eigenvalue weighted by Gasteiger charge is 2.27. The fraction of sp³-hybridized carbons (Fsp3) is 0.825. The van der Waals surface area contributed by atoms with Gasteiger partial charge in [0.05, 0.1) is 27.7 Å². The normalized spacial score (nSPS) is 13.7. The van der Waals surface area contributed by atoms with E-state index in [9.17, 15) is 19.0 Å². The summed E-state index contributed by atoms with van der Waals surface area (Å²) in [5, 5.41) is 0. The van der Waals surface area contributed by atoms with Crippen molar-refractivity contribution in [2.24, 2.45) is 0 Å². The molecule has 10 heteroatoms. The van der Waals surface area contributed by atoms with E-state index < -0.39 is 32.5 Å². The van der Waals surface area contributed by atoms with Gasteiger partial charge in [0.2, 0.25) is 0 Å². The van der Waals surface area contributed by atoms with Crippen molar-refractivity contribution in [1.82, 2.24) is 0 Å². The highest BCUT2D eigenvalue weighted by Crippen LogP contribution is 2.43. The fourth-order valence-corrected chi connectivity index (χ4v) is 8.52. The van der Waals surface area contributed by atoms with Gasteiger partial charge in [0.15, 0.2) is 6.10 Å². The van der Waals surface area contributed by atoms with Gasteiger partial charge in [-0.25, -0.2) is 4.57 Å². The summed E-state index contributed by atoms with van der Waals surface area (Å²) in [6.45, 7) is 4.40. The second kappa shape index (κ2) is 49.0. The first-order valence-corrected chi connectivity index (χ1v) is 29.4. The SMILES string of the molecule is CCCCCCCCC/C=C/C/C=C/C/C=C/C/C=C/CCCC(=O)OC[C@H](COP(=O)(O)OCC[N+](C)(C)C)OC(=O)CCCCCCCCCCCCCCCCCCCCCCCC. The molecule has 0 aromatic heterocycles. The first-order chi connectivity index (χ1) is 32.5. The van der Waals surface area contributed by atoms with Crippen LogP contribution in [0.15, 0.2) is 48.6 Å². The van der Waals surface area contributed by atoms with E-state index in [1.165, 1.54) is 173 Å². The number of esters is 2. The summed E-state index contributed by atoms with van der Waals surface area (Å²) in [7, 11) is 1.45. The van der Waals surface area contributed by atoms with Crippen molar-refractivity contribution in [3.05, 3.63) is 48.6 Å². The molecule has 9 nitrogen and oxygen atoms in total. The van der Waals surface area contributed by atoms with E-state index in [-0.39, 0.29) is 26.1 Å². The van der Waals surface area contributed by atoms with Crippen LogP contribution in [-0.4, -0.2) is 74.9 Å². The minimum atomic E-state index is -4.39. The van der Waals surface area contributed by atoms with E-state index in [4.69, 9.17) is 18.5 Å². The number of carbonyl (C=O) groups is 2. The molecule has 2 atom stereocenters. The number of carbonyl (C=O) groups excluding carboxylic acids is 2. The molecule has 0 radical (unpaired) electrons. The van der Waals surface area contributed by atoms with Gasteiger partial charge in [0.1, 0.15) is 19.8 Å². The van der Waals surface area contributed by atoms with E-state index >= 15 is 0 Å². The van der Waals surface area contributed by atoms with Crippen molar-refractivity contribution in [3.63, 3.8) is 0 Å².